The van der Waals surface area contributed by atoms with Crippen LogP contribution in [-0.4, -0.2) is 29.6 Å². The van der Waals surface area contributed by atoms with Gasteiger partial charge < -0.3 is 4.90 Å². The third-order valence-electron chi connectivity index (χ3n) is 5.10. The maximum Gasteiger partial charge on any atom is 0.406 e. The van der Waals surface area contributed by atoms with Crippen molar-refractivity contribution in [2.75, 3.05) is 6.54 Å². The quantitative estimate of drug-likeness (QED) is 0.808. The zero-order chi connectivity index (χ0) is 16.6. The van der Waals surface area contributed by atoms with Crippen LogP contribution in [0.4, 0.5) is 13.2 Å². The number of halogens is 3. The third kappa shape index (κ3) is 3.70. The van der Waals surface area contributed by atoms with Gasteiger partial charge in [-0.1, -0.05) is 24.3 Å². The van der Waals surface area contributed by atoms with Crippen LogP contribution < -0.4 is 0 Å². The number of hydrogen-bond acceptors (Lipinski definition) is 1. The number of amides is 1. The predicted molar refractivity (Wildman–Crippen MR) is 82.1 cm³/mol. The standard InChI is InChI=1S/C18H22F3NO/c1-12(13-9-10-13)22(11-18(19,20)21)17(23)16-8-4-6-14-5-2-3-7-15(14)16/h2-3,5,7,12-13,16H,4,6,8-11H2,1H3/t12-,16-/m1/s1. The Morgan fingerprint density at radius 2 is 1.96 bits per heavy atom. The fourth-order valence-electron chi connectivity index (χ4n) is 3.66. The van der Waals surface area contributed by atoms with Crippen LogP contribution >= 0.6 is 0 Å². The number of rotatable bonds is 4. The minimum absolute atomic E-state index is 0.222. The van der Waals surface area contributed by atoms with Gasteiger partial charge in [0.15, 0.2) is 0 Å². The normalized spacial score (nSPS) is 22.3. The molecule has 0 heterocycles. The van der Waals surface area contributed by atoms with Gasteiger partial charge in [-0.05, 0) is 56.1 Å². The molecule has 2 aliphatic carbocycles. The molecule has 126 valence electrons. The van der Waals surface area contributed by atoms with E-state index in [0.29, 0.717) is 6.42 Å². The van der Waals surface area contributed by atoms with Gasteiger partial charge in [-0.25, -0.2) is 0 Å². The number of aryl methyl sites for hydroxylation is 1. The van der Waals surface area contributed by atoms with Crippen LogP contribution in [0.3, 0.4) is 0 Å². The average molecular weight is 325 g/mol. The molecule has 0 bridgehead atoms. The highest BCUT2D eigenvalue weighted by Gasteiger charge is 2.42. The molecule has 1 saturated carbocycles. The molecule has 0 saturated heterocycles. The van der Waals surface area contributed by atoms with Crippen molar-refractivity contribution in [2.24, 2.45) is 5.92 Å². The molecule has 2 aliphatic rings. The smallest absolute Gasteiger partial charge is 0.330 e. The Balaban J connectivity index is 1.86. The van der Waals surface area contributed by atoms with E-state index in [1.54, 1.807) is 6.92 Å². The van der Waals surface area contributed by atoms with Crippen LogP contribution in [0.25, 0.3) is 0 Å². The van der Waals surface area contributed by atoms with E-state index in [1.165, 1.54) is 0 Å². The molecule has 0 N–H and O–H groups in total. The van der Waals surface area contributed by atoms with E-state index in [1.807, 2.05) is 24.3 Å². The van der Waals surface area contributed by atoms with Crippen molar-refractivity contribution in [1.29, 1.82) is 0 Å². The van der Waals surface area contributed by atoms with Gasteiger partial charge in [0.1, 0.15) is 6.54 Å². The first-order chi connectivity index (χ1) is 10.9. The molecule has 1 aromatic carbocycles. The van der Waals surface area contributed by atoms with Crippen molar-refractivity contribution < 1.29 is 18.0 Å². The first kappa shape index (κ1) is 16.3. The van der Waals surface area contributed by atoms with Crippen LogP contribution in [0.1, 0.15) is 49.7 Å². The number of carbonyl (C=O) groups is 1. The Morgan fingerprint density at radius 1 is 1.26 bits per heavy atom. The molecule has 0 aliphatic heterocycles. The molecule has 1 aromatic rings. The summed E-state index contributed by atoms with van der Waals surface area (Å²) in [5.41, 5.74) is 2.02. The van der Waals surface area contributed by atoms with Gasteiger partial charge in [-0.15, -0.1) is 0 Å². The van der Waals surface area contributed by atoms with Gasteiger partial charge in [0, 0.05) is 6.04 Å². The summed E-state index contributed by atoms with van der Waals surface area (Å²) < 4.78 is 38.9. The van der Waals surface area contributed by atoms with E-state index in [0.717, 1.165) is 41.7 Å². The second-order valence-electron chi connectivity index (χ2n) is 6.80. The van der Waals surface area contributed by atoms with Crippen LogP contribution in [0.2, 0.25) is 0 Å². The fraction of sp³-hybridized carbons (Fsp3) is 0.611. The summed E-state index contributed by atoms with van der Waals surface area (Å²) in [4.78, 5) is 14.0. The largest absolute Gasteiger partial charge is 0.406 e. The van der Waals surface area contributed by atoms with Crippen LogP contribution in [0, 0.1) is 5.92 Å². The summed E-state index contributed by atoms with van der Waals surface area (Å²) in [6.07, 6.45) is -0.120. The Morgan fingerprint density at radius 3 is 2.61 bits per heavy atom. The minimum Gasteiger partial charge on any atom is -0.330 e. The van der Waals surface area contributed by atoms with Gasteiger partial charge in [0.05, 0.1) is 5.92 Å². The number of nitrogens with zero attached hydrogens (tertiary/aromatic N) is 1. The van der Waals surface area contributed by atoms with Crippen molar-refractivity contribution in [3.05, 3.63) is 35.4 Å². The average Bonchev–Trinajstić information content (AvgIpc) is 3.35. The molecule has 2 atom stereocenters. The first-order valence-electron chi connectivity index (χ1n) is 8.32. The highest BCUT2D eigenvalue weighted by atomic mass is 19.4. The summed E-state index contributed by atoms with van der Waals surface area (Å²) >= 11 is 0. The van der Waals surface area contributed by atoms with Crippen molar-refractivity contribution >= 4 is 5.91 Å². The lowest BCUT2D eigenvalue weighted by Gasteiger charge is -2.35. The first-order valence-corrected chi connectivity index (χ1v) is 8.32. The van der Waals surface area contributed by atoms with E-state index in [2.05, 4.69) is 0 Å². The maximum absolute atomic E-state index is 13.0. The molecule has 3 rings (SSSR count). The van der Waals surface area contributed by atoms with E-state index in [4.69, 9.17) is 0 Å². The molecule has 23 heavy (non-hydrogen) atoms. The monoisotopic (exact) mass is 325 g/mol. The minimum atomic E-state index is -4.35. The van der Waals surface area contributed by atoms with E-state index < -0.39 is 18.6 Å². The molecule has 0 radical (unpaired) electrons. The number of benzene rings is 1. The zero-order valence-corrected chi connectivity index (χ0v) is 13.3. The Bertz CT molecular complexity index is 580. The lowest BCUT2D eigenvalue weighted by atomic mass is 9.82. The van der Waals surface area contributed by atoms with Crippen molar-refractivity contribution in [1.82, 2.24) is 4.90 Å². The Kier molecular flexibility index (Phi) is 4.39. The molecule has 1 fully saturated rings. The van der Waals surface area contributed by atoms with E-state index >= 15 is 0 Å². The summed E-state index contributed by atoms with van der Waals surface area (Å²) in [7, 11) is 0. The summed E-state index contributed by atoms with van der Waals surface area (Å²) in [5.74, 6) is -0.558. The van der Waals surface area contributed by atoms with E-state index in [9.17, 15) is 18.0 Å². The highest BCUT2D eigenvalue weighted by Crippen LogP contribution is 2.39. The SMILES string of the molecule is C[C@H](C1CC1)N(CC(F)(F)F)C(=O)[C@@H]1CCCc2ccccc21. The number of carbonyl (C=O) groups excluding carboxylic acids is 1. The van der Waals surface area contributed by atoms with Crippen LogP contribution in [0.15, 0.2) is 24.3 Å². The molecular weight excluding hydrogens is 303 g/mol. The van der Waals surface area contributed by atoms with Gasteiger partial charge in [0.25, 0.3) is 0 Å². The summed E-state index contributed by atoms with van der Waals surface area (Å²) in [5, 5.41) is 0. The second kappa shape index (κ2) is 6.17. The van der Waals surface area contributed by atoms with Crippen LogP contribution in [-0.2, 0) is 11.2 Å². The molecule has 0 spiro atoms. The van der Waals surface area contributed by atoms with Crippen molar-refractivity contribution in [3.8, 4) is 0 Å². The molecular formula is C18H22F3NO. The third-order valence-corrected chi connectivity index (χ3v) is 5.10. The molecule has 0 aromatic heterocycles. The summed E-state index contributed by atoms with van der Waals surface area (Å²) in [6, 6.07) is 7.32. The number of fused-ring (bicyclic) bond motifs is 1. The number of alkyl halides is 3. The van der Waals surface area contributed by atoms with Gasteiger partial charge >= 0.3 is 6.18 Å². The summed E-state index contributed by atoms with van der Waals surface area (Å²) in [6.45, 7) is 0.623. The molecule has 2 nitrogen and oxygen atoms in total. The molecule has 5 heteroatoms. The molecule has 0 unspecified atom stereocenters. The van der Waals surface area contributed by atoms with Crippen molar-refractivity contribution in [2.45, 2.75) is 57.2 Å². The van der Waals surface area contributed by atoms with Gasteiger partial charge in [-0.2, -0.15) is 13.2 Å². The highest BCUT2D eigenvalue weighted by molar-refractivity contribution is 5.85. The van der Waals surface area contributed by atoms with Gasteiger partial charge in [-0.3, -0.25) is 4.79 Å². The predicted octanol–water partition coefficient (Wildman–Crippen LogP) is 4.30. The Hall–Kier alpha value is -1.52. The fourth-order valence-corrected chi connectivity index (χ4v) is 3.66. The Labute approximate surface area is 134 Å². The topological polar surface area (TPSA) is 20.3 Å². The lowest BCUT2D eigenvalue weighted by molar-refractivity contribution is -0.167. The van der Waals surface area contributed by atoms with Crippen LogP contribution in [0.5, 0.6) is 0 Å². The number of hydrogen-bond donors (Lipinski definition) is 0. The lowest BCUT2D eigenvalue weighted by Crippen LogP contribution is -2.47. The molecule has 1 amide bonds. The second-order valence-corrected chi connectivity index (χ2v) is 6.80. The zero-order valence-electron chi connectivity index (χ0n) is 13.3. The van der Waals surface area contributed by atoms with Crippen molar-refractivity contribution in [3.63, 3.8) is 0 Å². The van der Waals surface area contributed by atoms with E-state index in [-0.39, 0.29) is 17.9 Å². The van der Waals surface area contributed by atoms with Gasteiger partial charge in [0.2, 0.25) is 5.91 Å². The maximum atomic E-state index is 13.0.